The maximum Gasteiger partial charge on any atom is 0.294 e. The van der Waals surface area contributed by atoms with Crippen LogP contribution in [0.1, 0.15) is 11.1 Å². The van der Waals surface area contributed by atoms with E-state index in [-0.39, 0.29) is 16.5 Å². The van der Waals surface area contributed by atoms with Crippen LogP contribution in [-0.4, -0.2) is 35.6 Å². The summed E-state index contributed by atoms with van der Waals surface area (Å²) < 4.78 is 11.5. The number of fused-ring (bicyclic) bond motifs is 1. The molecule has 3 amide bonds. The van der Waals surface area contributed by atoms with Gasteiger partial charge in [-0.25, -0.2) is 0 Å². The van der Waals surface area contributed by atoms with Crippen molar-refractivity contribution < 1.29 is 23.9 Å². The fraction of sp³-hybridized carbons (Fsp3) is 0.100. The largest absolute Gasteiger partial charge is 0.493 e. The van der Waals surface area contributed by atoms with Gasteiger partial charge in [-0.1, -0.05) is 71.7 Å². The molecule has 4 aromatic rings. The van der Waals surface area contributed by atoms with Crippen LogP contribution in [0, 0.1) is 0 Å². The van der Waals surface area contributed by atoms with Crippen molar-refractivity contribution in [3.8, 4) is 11.5 Å². The number of carbonyl (C=O) groups excluding carboxylic acids is 3. The number of carbonyl (C=O) groups is 3. The van der Waals surface area contributed by atoms with Gasteiger partial charge in [-0.3, -0.25) is 19.3 Å². The maximum absolute atomic E-state index is 13.0. The van der Waals surface area contributed by atoms with E-state index in [9.17, 15) is 14.4 Å². The molecule has 1 saturated heterocycles. The first-order valence-corrected chi connectivity index (χ1v) is 13.7. The maximum atomic E-state index is 13.0. The molecule has 0 unspecified atom stereocenters. The zero-order valence-electron chi connectivity index (χ0n) is 21.1. The summed E-state index contributed by atoms with van der Waals surface area (Å²) in [4.78, 5) is 39.0. The zero-order valence-corrected chi connectivity index (χ0v) is 23.5. The number of para-hydroxylation sites is 1. The van der Waals surface area contributed by atoms with Crippen LogP contribution in [0.4, 0.5) is 10.5 Å². The molecule has 202 valence electrons. The number of methoxy groups -OCH3 is 1. The highest BCUT2D eigenvalue weighted by Crippen LogP contribution is 2.39. The van der Waals surface area contributed by atoms with Crippen molar-refractivity contribution in [3.63, 3.8) is 0 Å². The van der Waals surface area contributed by atoms with Crippen molar-refractivity contribution in [2.45, 2.75) is 6.61 Å². The van der Waals surface area contributed by atoms with Crippen molar-refractivity contribution in [1.29, 1.82) is 0 Å². The Bertz CT molecular complexity index is 1670. The number of anilines is 1. The van der Waals surface area contributed by atoms with E-state index in [2.05, 4.69) is 11.4 Å². The molecule has 7 nitrogen and oxygen atoms in total. The molecule has 1 aliphatic heterocycles. The van der Waals surface area contributed by atoms with E-state index in [1.54, 1.807) is 36.4 Å². The molecular weight excluding hydrogens is 571 g/mol. The van der Waals surface area contributed by atoms with Crippen molar-refractivity contribution in [2.24, 2.45) is 0 Å². The van der Waals surface area contributed by atoms with Crippen LogP contribution < -0.4 is 14.8 Å². The van der Waals surface area contributed by atoms with Crippen LogP contribution in [0.3, 0.4) is 0 Å². The topological polar surface area (TPSA) is 84.9 Å². The Morgan fingerprint density at radius 2 is 1.70 bits per heavy atom. The van der Waals surface area contributed by atoms with E-state index >= 15 is 0 Å². The second-order valence-corrected chi connectivity index (χ2v) is 10.6. The Kier molecular flexibility index (Phi) is 8.30. The van der Waals surface area contributed by atoms with Crippen molar-refractivity contribution in [1.82, 2.24) is 4.90 Å². The van der Waals surface area contributed by atoms with Gasteiger partial charge in [0.1, 0.15) is 13.2 Å². The van der Waals surface area contributed by atoms with Gasteiger partial charge in [0.05, 0.1) is 27.7 Å². The van der Waals surface area contributed by atoms with E-state index in [0.29, 0.717) is 27.8 Å². The SMILES string of the molecule is COc1cc(/C=C2/SC(=O)N(CC(=O)Nc3ccccc3Cl)C2=O)cc(Cl)c1OCc1ccc2ccccc2c1. The number of rotatable bonds is 8. The summed E-state index contributed by atoms with van der Waals surface area (Å²) in [6.45, 7) is -0.172. The van der Waals surface area contributed by atoms with Gasteiger partial charge in [0, 0.05) is 0 Å². The molecule has 40 heavy (non-hydrogen) atoms. The summed E-state index contributed by atoms with van der Waals surface area (Å²) in [7, 11) is 1.49. The smallest absolute Gasteiger partial charge is 0.294 e. The quantitative estimate of drug-likeness (QED) is 0.214. The average molecular weight is 593 g/mol. The Hall–Kier alpha value is -3.98. The Labute approximate surface area is 244 Å². The third-order valence-electron chi connectivity index (χ3n) is 6.07. The van der Waals surface area contributed by atoms with Crippen molar-refractivity contribution in [2.75, 3.05) is 19.0 Å². The molecule has 0 bridgehead atoms. The summed E-state index contributed by atoms with van der Waals surface area (Å²) in [6.07, 6.45) is 1.53. The Morgan fingerprint density at radius 1 is 0.950 bits per heavy atom. The number of amides is 3. The van der Waals surface area contributed by atoms with E-state index in [1.165, 1.54) is 13.2 Å². The number of hydrogen-bond acceptors (Lipinski definition) is 6. The normalized spacial score (nSPS) is 14.2. The molecule has 0 atom stereocenters. The summed E-state index contributed by atoms with van der Waals surface area (Å²) >= 11 is 13.4. The first kappa shape index (κ1) is 27.6. The molecule has 0 radical (unpaired) electrons. The predicted octanol–water partition coefficient (Wildman–Crippen LogP) is 7.41. The summed E-state index contributed by atoms with van der Waals surface area (Å²) in [6, 6.07) is 24.1. The van der Waals surface area contributed by atoms with Crippen molar-refractivity contribution in [3.05, 3.63) is 105 Å². The highest BCUT2D eigenvalue weighted by atomic mass is 35.5. The summed E-state index contributed by atoms with van der Waals surface area (Å²) in [5.74, 6) is -0.401. The molecule has 1 aliphatic rings. The van der Waals surface area contributed by atoms with Crippen LogP contribution in [0.15, 0.2) is 83.8 Å². The molecule has 1 N–H and O–H groups in total. The number of halogens is 2. The highest BCUT2D eigenvalue weighted by Gasteiger charge is 2.36. The van der Waals surface area contributed by atoms with Gasteiger partial charge in [0.25, 0.3) is 11.1 Å². The first-order chi connectivity index (χ1) is 19.3. The van der Waals surface area contributed by atoms with Crippen LogP contribution >= 0.6 is 35.0 Å². The predicted molar refractivity (Wildman–Crippen MR) is 159 cm³/mol. The molecule has 0 aromatic heterocycles. The fourth-order valence-corrected chi connectivity index (χ4v) is 5.43. The number of nitrogens with zero attached hydrogens (tertiary/aromatic N) is 1. The number of hydrogen-bond donors (Lipinski definition) is 1. The first-order valence-electron chi connectivity index (χ1n) is 12.1. The Morgan fingerprint density at radius 3 is 2.48 bits per heavy atom. The molecule has 0 saturated carbocycles. The molecule has 1 fully saturated rings. The third-order valence-corrected chi connectivity index (χ3v) is 7.59. The number of ether oxygens (including phenoxy) is 2. The van der Waals surface area contributed by atoms with E-state index in [0.717, 1.165) is 33.0 Å². The molecule has 1 heterocycles. The molecule has 10 heteroatoms. The lowest BCUT2D eigenvalue weighted by atomic mass is 10.1. The third kappa shape index (κ3) is 6.09. The van der Waals surface area contributed by atoms with Gasteiger partial charge in [-0.2, -0.15) is 0 Å². The number of imide groups is 1. The lowest BCUT2D eigenvalue weighted by Crippen LogP contribution is -2.36. The Balaban J connectivity index is 1.29. The number of nitrogens with one attached hydrogen (secondary N) is 1. The molecule has 0 aliphatic carbocycles. The van der Waals surface area contributed by atoms with E-state index in [4.69, 9.17) is 32.7 Å². The number of thioether (sulfide) groups is 1. The number of benzene rings is 4. The minimum absolute atomic E-state index is 0.151. The van der Waals surface area contributed by atoms with Gasteiger partial charge in [0.15, 0.2) is 11.5 Å². The zero-order chi connectivity index (χ0) is 28.2. The van der Waals surface area contributed by atoms with Crippen LogP contribution in [0.25, 0.3) is 16.8 Å². The summed E-state index contributed by atoms with van der Waals surface area (Å²) in [5, 5.41) is 4.92. The van der Waals surface area contributed by atoms with Crippen LogP contribution in [-0.2, 0) is 16.2 Å². The average Bonchev–Trinajstić information content (AvgIpc) is 3.20. The summed E-state index contributed by atoms with van der Waals surface area (Å²) in [5.41, 5.74) is 1.89. The lowest BCUT2D eigenvalue weighted by molar-refractivity contribution is -0.127. The highest BCUT2D eigenvalue weighted by molar-refractivity contribution is 8.18. The fourth-order valence-electron chi connectivity index (χ4n) is 4.13. The second-order valence-electron chi connectivity index (χ2n) is 8.80. The molecular formula is C30H22Cl2N2O5S. The monoisotopic (exact) mass is 592 g/mol. The molecule has 0 spiro atoms. The molecule has 5 rings (SSSR count). The molecule has 4 aromatic carbocycles. The van der Waals surface area contributed by atoms with Crippen molar-refractivity contribution >= 4 is 74.6 Å². The van der Waals surface area contributed by atoms with Crippen LogP contribution in [0.2, 0.25) is 10.0 Å². The lowest BCUT2D eigenvalue weighted by Gasteiger charge is -2.14. The van der Waals surface area contributed by atoms with Gasteiger partial charge >= 0.3 is 0 Å². The minimum Gasteiger partial charge on any atom is -0.493 e. The minimum atomic E-state index is -0.587. The van der Waals surface area contributed by atoms with Gasteiger partial charge in [0.2, 0.25) is 5.91 Å². The van der Waals surface area contributed by atoms with Gasteiger partial charge in [-0.05, 0) is 70.1 Å². The van der Waals surface area contributed by atoms with E-state index in [1.807, 2.05) is 36.4 Å². The standard InChI is InChI=1S/C30H22Cl2N2O5S/c1-38-25-14-19(13-23(32)28(25)39-17-18-10-11-20-6-2-3-7-21(20)12-18)15-26-29(36)34(30(37)40-26)16-27(35)33-24-9-5-4-8-22(24)31/h2-15H,16-17H2,1H3,(H,33,35)/b26-15+. The van der Waals surface area contributed by atoms with Gasteiger partial charge < -0.3 is 14.8 Å². The van der Waals surface area contributed by atoms with E-state index < -0.39 is 23.6 Å². The second kappa shape index (κ2) is 12.0. The van der Waals surface area contributed by atoms with Crippen LogP contribution in [0.5, 0.6) is 11.5 Å². The van der Waals surface area contributed by atoms with Gasteiger partial charge in [-0.15, -0.1) is 0 Å².